The first-order chi connectivity index (χ1) is 19.9. The van der Waals surface area contributed by atoms with Gasteiger partial charge in [-0.1, -0.05) is 12.1 Å². The Kier molecular flexibility index (Phi) is 7.00. The first-order valence-electron chi connectivity index (χ1n) is 15.1. The molecule has 41 heavy (non-hydrogen) atoms. The summed E-state index contributed by atoms with van der Waals surface area (Å²) in [4.78, 5) is 27.6. The summed E-state index contributed by atoms with van der Waals surface area (Å²) in [5.41, 5.74) is 4.05. The molecule has 3 aliphatic rings. The lowest BCUT2D eigenvalue weighted by molar-refractivity contribution is -0.0137. The Balaban J connectivity index is 1.28. The fraction of sp³-hybridized carbons (Fsp3) is 0.548. The molecule has 0 atom stereocenters. The minimum Gasteiger partial charge on any atom is -0.390 e. The highest BCUT2D eigenvalue weighted by Crippen LogP contribution is 2.32. The van der Waals surface area contributed by atoms with E-state index in [1.54, 1.807) is 0 Å². The molecule has 3 aromatic heterocycles. The van der Waals surface area contributed by atoms with Gasteiger partial charge in [-0.25, -0.2) is 19.5 Å². The van der Waals surface area contributed by atoms with Gasteiger partial charge in [0.25, 0.3) is 0 Å². The molecule has 0 spiro atoms. The zero-order valence-corrected chi connectivity index (χ0v) is 24.2. The van der Waals surface area contributed by atoms with Gasteiger partial charge in [-0.3, -0.25) is 4.90 Å². The second kappa shape index (κ2) is 10.8. The molecule has 216 valence electrons. The monoisotopic (exact) mass is 556 g/mol. The van der Waals surface area contributed by atoms with Crippen LogP contribution in [0.5, 0.6) is 0 Å². The number of rotatable bonds is 6. The average Bonchev–Trinajstić information content (AvgIpc) is 3.65. The van der Waals surface area contributed by atoms with Crippen LogP contribution in [0, 0.1) is 5.92 Å². The predicted octanol–water partition coefficient (Wildman–Crippen LogP) is 3.78. The van der Waals surface area contributed by atoms with Crippen molar-refractivity contribution >= 4 is 33.8 Å². The molecule has 1 aromatic carbocycles. The highest BCUT2D eigenvalue weighted by molar-refractivity contribution is 5.88. The fourth-order valence-electron chi connectivity index (χ4n) is 6.58. The molecule has 0 aliphatic carbocycles. The lowest BCUT2D eigenvalue weighted by atomic mass is 9.83. The van der Waals surface area contributed by atoms with Crippen molar-refractivity contribution in [1.82, 2.24) is 29.4 Å². The van der Waals surface area contributed by atoms with E-state index in [0.717, 1.165) is 98.2 Å². The molecule has 0 radical (unpaired) electrons. The van der Waals surface area contributed by atoms with Crippen LogP contribution in [-0.2, 0) is 11.3 Å². The van der Waals surface area contributed by atoms with Crippen LogP contribution in [0.1, 0.15) is 45.2 Å². The van der Waals surface area contributed by atoms with Crippen LogP contribution >= 0.6 is 0 Å². The molecule has 0 amide bonds. The smallest absolute Gasteiger partial charge is 0.239 e. The first kappa shape index (κ1) is 26.6. The molecule has 0 bridgehead atoms. The molecule has 0 unspecified atom stereocenters. The highest BCUT2D eigenvalue weighted by atomic mass is 16.5. The number of anilines is 2. The van der Waals surface area contributed by atoms with E-state index in [-0.39, 0.29) is 0 Å². The number of pyridine rings is 1. The number of piperidine rings is 1. The molecule has 10 heteroatoms. The van der Waals surface area contributed by atoms with Crippen LogP contribution in [0.15, 0.2) is 36.4 Å². The number of hydrogen-bond donors (Lipinski definition) is 1. The quantitative estimate of drug-likeness (QED) is 0.381. The van der Waals surface area contributed by atoms with Gasteiger partial charge < -0.3 is 19.6 Å². The summed E-state index contributed by atoms with van der Waals surface area (Å²) < 4.78 is 7.81. The summed E-state index contributed by atoms with van der Waals surface area (Å²) in [6.07, 6.45) is 4.34. The third-order valence-electron chi connectivity index (χ3n) is 8.98. The number of ether oxygens (including phenoxy) is 1. The van der Waals surface area contributed by atoms with Gasteiger partial charge in [0, 0.05) is 32.7 Å². The van der Waals surface area contributed by atoms with Gasteiger partial charge in [0.15, 0.2) is 5.82 Å². The number of benzene rings is 1. The van der Waals surface area contributed by atoms with Crippen molar-refractivity contribution in [3.63, 3.8) is 0 Å². The van der Waals surface area contributed by atoms with Crippen molar-refractivity contribution < 1.29 is 9.84 Å². The molecule has 10 nitrogen and oxygen atoms in total. The number of imidazole rings is 1. The van der Waals surface area contributed by atoms with Crippen LogP contribution in [0.2, 0.25) is 0 Å². The van der Waals surface area contributed by atoms with Crippen molar-refractivity contribution in [2.45, 2.75) is 51.7 Å². The summed E-state index contributed by atoms with van der Waals surface area (Å²) in [5.74, 6) is 2.75. The van der Waals surface area contributed by atoms with E-state index in [1.807, 2.05) is 19.9 Å². The second-order valence-electron chi connectivity index (χ2n) is 12.3. The van der Waals surface area contributed by atoms with E-state index in [1.165, 1.54) is 12.8 Å². The predicted molar refractivity (Wildman–Crippen MR) is 161 cm³/mol. The standard InChI is InChI=1S/C31H40N8O2/c1-31(2,40)22-11-15-36(16-12-22)21-23-9-10-25-27(32-23)28(37-17-19-41-20-18-37)35-29(33-25)39-26-8-4-3-7-24(26)34-30(39)38-13-5-6-14-38/h3-4,7-10,22,40H,5-6,11-21H2,1-2H3. The topological polar surface area (TPSA) is 95.7 Å². The Morgan fingerprint density at radius 3 is 2.34 bits per heavy atom. The van der Waals surface area contributed by atoms with Crippen LogP contribution in [0.3, 0.4) is 0 Å². The van der Waals surface area contributed by atoms with Crippen molar-refractivity contribution in [2.75, 3.05) is 62.3 Å². The van der Waals surface area contributed by atoms with Gasteiger partial charge in [-0.05, 0) is 82.8 Å². The minimum atomic E-state index is -0.620. The third kappa shape index (κ3) is 5.24. The molecular formula is C31H40N8O2. The normalized spacial score (nSPS) is 19.6. The maximum atomic E-state index is 10.5. The molecule has 1 N–H and O–H groups in total. The number of aromatic nitrogens is 5. The zero-order valence-electron chi connectivity index (χ0n) is 24.2. The van der Waals surface area contributed by atoms with Gasteiger partial charge >= 0.3 is 0 Å². The van der Waals surface area contributed by atoms with Gasteiger partial charge in [0.2, 0.25) is 11.9 Å². The Morgan fingerprint density at radius 1 is 0.829 bits per heavy atom. The van der Waals surface area contributed by atoms with E-state index in [4.69, 9.17) is 24.7 Å². The van der Waals surface area contributed by atoms with Gasteiger partial charge in [0.05, 0.1) is 41.1 Å². The minimum absolute atomic E-state index is 0.341. The largest absolute Gasteiger partial charge is 0.390 e. The molecule has 0 saturated carbocycles. The number of fused-ring (bicyclic) bond motifs is 2. The van der Waals surface area contributed by atoms with Gasteiger partial charge in [-0.2, -0.15) is 4.98 Å². The van der Waals surface area contributed by atoms with E-state index >= 15 is 0 Å². The lowest BCUT2D eigenvalue weighted by Crippen LogP contribution is -2.41. The molecule has 3 aliphatic heterocycles. The van der Waals surface area contributed by atoms with Crippen molar-refractivity contribution in [3.8, 4) is 5.95 Å². The average molecular weight is 557 g/mol. The molecule has 3 saturated heterocycles. The molecule has 4 aromatic rings. The van der Waals surface area contributed by atoms with Gasteiger partial charge in [-0.15, -0.1) is 0 Å². The molecule has 6 heterocycles. The second-order valence-corrected chi connectivity index (χ2v) is 12.3. The maximum Gasteiger partial charge on any atom is 0.239 e. The van der Waals surface area contributed by atoms with Gasteiger partial charge in [0.1, 0.15) is 5.52 Å². The number of hydrogen-bond acceptors (Lipinski definition) is 9. The van der Waals surface area contributed by atoms with Crippen LogP contribution in [0.25, 0.3) is 28.0 Å². The van der Waals surface area contributed by atoms with Crippen LogP contribution < -0.4 is 9.80 Å². The summed E-state index contributed by atoms with van der Waals surface area (Å²) in [6, 6.07) is 12.5. The Morgan fingerprint density at radius 2 is 1.59 bits per heavy atom. The van der Waals surface area contributed by atoms with E-state index in [2.05, 4.69) is 49.6 Å². The van der Waals surface area contributed by atoms with E-state index in [0.29, 0.717) is 25.1 Å². The number of morpholine rings is 1. The summed E-state index contributed by atoms with van der Waals surface area (Å²) in [5, 5.41) is 10.5. The Bertz CT molecular complexity index is 1530. The van der Waals surface area contributed by atoms with Crippen LogP contribution in [-0.4, -0.2) is 92.6 Å². The summed E-state index contributed by atoms with van der Waals surface area (Å²) in [7, 11) is 0. The highest BCUT2D eigenvalue weighted by Gasteiger charge is 2.31. The van der Waals surface area contributed by atoms with Crippen molar-refractivity contribution in [1.29, 1.82) is 0 Å². The molecule has 3 fully saturated rings. The summed E-state index contributed by atoms with van der Waals surface area (Å²) in [6.45, 7) is 11.4. The Labute approximate surface area is 241 Å². The van der Waals surface area contributed by atoms with E-state index < -0.39 is 5.60 Å². The number of nitrogens with zero attached hydrogens (tertiary/aromatic N) is 8. The first-order valence-corrected chi connectivity index (χ1v) is 15.1. The molecular weight excluding hydrogens is 516 g/mol. The lowest BCUT2D eigenvalue weighted by Gasteiger charge is -2.37. The summed E-state index contributed by atoms with van der Waals surface area (Å²) >= 11 is 0. The van der Waals surface area contributed by atoms with Crippen molar-refractivity contribution in [2.24, 2.45) is 5.92 Å². The van der Waals surface area contributed by atoms with Crippen molar-refractivity contribution in [3.05, 3.63) is 42.1 Å². The number of aliphatic hydroxyl groups is 1. The fourth-order valence-corrected chi connectivity index (χ4v) is 6.58. The molecule has 7 rings (SSSR count). The number of likely N-dealkylation sites (tertiary alicyclic amines) is 1. The third-order valence-corrected chi connectivity index (χ3v) is 8.98. The Hall–Kier alpha value is -3.34. The SMILES string of the molecule is CC(C)(O)C1CCN(Cc2ccc3nc(-n4c(N5CCCC5)nc5ccccc54)nc(N4CCOCC4)c3n2)CC1. The van der Waals surface area contributed by atoms with Crippen LogP contribution in [0.4, 0.5) is 11.8 Å². The maximum absolute atomic E-state index is 10.5. The zero-order chi connectivity index (χ0) is 28.0. The number of para-hydroxylation sites is 2. The van der Waals surface area contributed by atoms with E-state index in [9.17, 15) is 5.11 Å².